The Morgan fingerprint density at radius 1 is 1.11 bits per heavy atom. The Balaban J connectivity index is 1.48. The van der Waals surface area contributed by atoms with Crippen molar-refractivity contribution in [2.45, 2.75) is 33.7 Å². The summed E-state index contributed by atoms with van der Waals surface area (Å²) in [7, 11) is 0. The Bertz CT molecular complexity index is 1450. The maximum Gasteiger partial charge on any atom is 0.270 e. The lowest BCUT2D eigenvalue weighted by atomic mass is 9.91. The molecule has 1 aliphatic heterocycles. The van der Waals surface area contributed by atoms with Crippen molar-refractivity contribution in [1.82, 2.24) is 19.2 Å². The number of rotatable bonds is 5. The van der Waals surface area contributed by atoms with E-state index in [0.717, 1.165) is 45.2 Å². The molecule has 3 heterocycles. The zero-order valence-corrected chi connectivity index (χ0v) is 22.1. The minimum atomic E-state index is -0.373. The Labute approximate surface area is 218 Å². The normalized spacial score (nSPS) is 15.2. The van der Waals surface area contributed by atoms with Crippen molar-refractivity contribution in [1.29, 1.82) is 0 Å². The lowest BCUT2D eigenvalue weighted by molar-refractivity contribution is -0.384. The number of aromatic nitrogens is 2. The number of hydrogen-bond donors (Lipinski definition) is 0. The fourth-order valence-corrected chi connectivity index (χ4v) is 5.85. The smallest absolute Gasteiger partial charge is 0.270 e. The van der Waals surface area contributed by atoms with E-state index in [4.69, 9.17) is 16.6 Å². The second-order valence-corrected chi connectivity index (χ2v) is 11.9. The molecule has 1 aliphatic rings. The van der Waals surface area contributed by atoms with Crippen LogP contribution in [0.3, 0.4) is 0 Å². The molecule has 0 radical (unpaired) electrons. The van der Waals surface area contributed by atoms with Gasteiger partial charge in [0.15, 0.2) is 4.96 Å². The van der Waals surface area contributed by atoms with Gasteiger partial charge in [0.1, 0.15) is 0 Å². The third-order valence-electron chi connectivity index (χ3n) is 6.44. The van der Waals surface area contributed by atoms with E-state index in [2.05, 4.69) is 30.1 Å². The van der Waals surface area contributed by atoms with Gasteiger partial charge in [-0.2, -0.15) is 0 Å². The van der Waals surface area contributed by atoms with E-state index in [1.807, 2.05) is 29.2 Å². The van der Waals surface area contributed by atoms with Gasteiger partial charge in [0.25, 0.3) is 5.69 Å². The standard InChI is InChI=1S/C26H28ClN5O3S/c1-26(2,3)15-23(33)30-12-10-29(11-13-30)16-21-24(17-4-6-18(27)7-5-17)28-25-31(21)20-9-8-19(32(34)35)14-22(20)36-25/h4-9,14H,10-13,15-16H2,1-3H3. The minimum absolute atomic E-state index is 0.0278. The molecule has 0 saturated carbocycles. The van der Waals surface area contributed by atoms with Crippen molar-refractivity contribution in [3.05, 3.63) is 63.3 Å². The maximum atomic E-state index is 12.7. The number of nitro benzene ring substituents is 1. The van der Waals surface area contributed by atoms with Gasteiger partial charge in [0.2, 0.25) is 5.91 Å². The number of hydrogen-bond acceptors (Lipinski definition) is 6. The molecule has 10 heteroatoms. The van der Waals surface area contributed by atoms with E-state index in [1.165, 1.54) is 11.3 Å². The SMILES string of the molecule is CC(C)(C)CC(=O)N1CCN(Cc2c(-c3ccc(Cl)cc3)nc3sc4cc([N+](=O)[O-])ccc4n23)CC1. The first kappa shape index (κ1) is 24.7. The number of fused-ring (bicyclic) bond motifs is 3. The van der Waals surface area contributed by atoms with Crippen molar-refractivity contribution >= 4 is 49.7 Å². The fraction of sp³-hybridized carbons (Fsp3) is 0.385. The number of nitrogens with zero attached hydrogens (tertiary/aromatic N) is 5. The molecule has 36 heavy (non-hydrogen) atoms. The highest BCUT2D eigenvalue weighted by molar-refractivity contribution is 7.23. The molecule has 0 spiro atoms. The predicted molar refractivity (Wildman–Crippen MR) is 144 cm³/mol. The number of carbonyl (C=O) groups is 1. The van der Waals surface area contributed by atoms with Gasteiger partial charge >= 0.3 is 0 Å². The number of nitro groups is 1. The van der Waals surface area contributed by atoms with E-state index in [0.29, 0.717) is 31.1 Å². The summed E-state index contributed by atoms with van der Waals surface area (Å²) in [4.78, 5) is 33.7. The first-order chi connectivity index (χ1) is 17.1. The van der Waals surface area contributed by atoms with E-state index in [1.54, 1.807) is 18.2 Å². The maximum absolute atomic E-state index is 12.7. The number of piperazine rings is 1. The summed E-state index contributed by atoms with van der Waals surface area (Å²) in [6.07, 6.45) is 0.546. The van der Waals surface area contributed by atoms with Crippen LogP contribution in [0.4, 0.5) is 5.69 Å². The van der Waals surface area contributed by atoms with E-state index < -0.39 is 0 Å². The van der Waals surface area contributed by atoms with Gasteiger partial charge in [-0.25, -0.2) is 4.98 Å². The molecular formula is C26H28ClN5O3S. The number of amides is 1. The average Bonchev–Trinajstić information content (AvgIpc) is 3.35. The van der Waals surface area contributed by atoms with Crippen LogP contribution in [-0.2, 0) is 11.3 Å². The average molecular weight is 526 g/mol. The molecular weight excluding hydrogens is 498 g/mol. The summed E-state index contributed by atoms with van der Waals surface area (Å²) in [5.74, 6) is 0.209. The van der Waals surface area contributed by atoms with Crippen molar-refractivity contribution in [2.24, 2.45) is 5.41 Å². The number of halogens is 1. The lowest BCUT2D eigenvalue weighted by Gasteiger charge is -2.36. The Kier molecular flexibility index (Phi) is 6.48. The van der Waals surface area contributed by atoms with Crippen molar-refractivity contribution < 1.29 is 9.72 Å². The summed E-state index contributed by atoms with van der Waals surface area (Å²) in [6.45, 7) is 9.86. The molecule has 8 nitrogen and oxygen atoms in total. The summed E-state index contributed by atoms with van der Waals surface area (Å²) in [5.41, 5.74) is 3.83. The molecule has 0 unspecified atom stereocenters. The number of benzene rings is 2. The van der Waals surface area contributed by atoms with Gasteiger partial charge in [-0.1, -0.05) is 55.8 Å². The van der Waals surface area contributed by atoms with Gasteiger partial charge < -0.3 is 4.90 Å². The van der Waals surface area contributed by atoms with Crippen LogP contribution in [0.25, 0.3) is 26.4 Å². The Morgan fingerprint density at radius 2 is 1.81 bits per heavy atom. The zero-order valence-electron chi connectivity index (χ0n) is 20.5. The summed E-state index contributed by atoms with van der Waals surface area (Å²) in [6, 6.07) is 12.6. The topological polar surface area (TPSA) is 84.0 Å². The molecule has 188 valence electrons. The van der Waals surface area contributed by atoms with Gasteiger partial charge in [-0.05, 0) is 23.6 Å². The van der Waals surface area contributed by atoms with Crippen molar-refractivity contribution in [3.8, 4) is 11.3 Å². The third kappa shape index (κ3) is 4.96. The van der Waals surface area contributed by atoms with Crippen LogP contribution >= 0.6 is 22.9 Å². The van der Waals surface area contributed by atoms with Crippen LogP contribution in [0.5, 0.6) is 0 Å². The molecule has 2 aromatic carbocycles. The first-order valence-electron chi connectivity index (χ1n) is 11.9. The molecule has 1 amide bonds. The number of non-ortho nitro benzene ring substituents is 1. The zero-order chi connectivity index (χ0) is 25.6. The van der Waals surface area contributed by atoms with Crippen molar-refractivity contribution in [2.75, 3.05) is 26.2 Å². The molecule has 0 N–H and O–H groups in total. The number of carbonyl (C=O) groups excluding carboxylic acids is 1. The van der Waals surface area contributed by atoms with Gasteiger partial charge in [-0.3, -0.25) is 24.2 Å². The van der Waals surface area contributed by atoms with Gasteiger partial charge in [0, 0.05) is 61.9 Å². The minimum Gasteiger partial charge on any atom is -0.340 e. The molecule has 0 aliphatic carbocycles. The molecule has 0 bridgehead atoms. The van der Waals surface area contributed by atoms with Crippen molar-refractivity contribution in [3.63, 3.8) is 0 Å². The van der Waals surface area contributed by atoms with Crippen LogP contribution in [-0.4, -0.2) is 56.2 Å². The fourth-order valence-electron chi connectivity index (χ4n) is 4.65. The Morgan fingerprint density at radius 3 is 2.44 bits per heavy atom. The second-order valence-electron chi connectivity index (χ2n) is 10.4. The number of imidazole rings is 1. The number of thiazole rings is 1. The lowest BCUT2D eigenvalue weighted by Crippen LogP contribution is -2.49. The summed E-state index contributed by atoms with van der Waals surface area (Å²) in [5, 5.41) is 11.9. The van der Waals surface area contributed by atoms with E-state index in [9.17, 15) is 14.9 Å². The largest absolute Gasteiger partial charge is 0.340 e. The van der Waals surface area contributed by atoms with E-state index >= 15 is 0 Å². The first-order valence-corrected chi connectivity index (χ1v) is 13.1. The highest BCUT2D eigenvalue weighted by Crippen LogP contribution is 2.35. The van der Waals surface area contributed by atoms with Crippen LogP contribution in [0, 0.1) is 15.5 Å². The van der Waals surface area contributed by atoms with Crippen LogP contribution < -0.4 is 0 Å². The van der Waals surface area contributed by atoms with Gasteiger partial charge in [0.05, 0.1) is 26.5 Å². The van der Waals surface area contributed by atoms with Crippen LogP contribution in [0.15, 0.2) is 42.5 Å². The second kappa shape index (κ2) is 9.46. The Hall–Kier alpha value is -3.01. The third-order valence-corrected chi connectivity index (χ3v) is 7.69. The van der Waals surface area contributed by atoms with Crippen LogP contribution in [0.2, 0.25) is 5.02 Å². The molecule has 4 aromatic rings. The quantitative estimate of drug-likeness (QED) is 0.241. The monoisotopic (exact) mass is 525 g/mol. The molecule has 0 atom stereocenters. The highest BCUT2D eigenvalue weighted by Gasteiger charge is 2.27. The molecule has 5 rings (SSSR count). The van der Waals surface area contributed by atoms with Gasteiger partial charge in [-0.15, -0.1) is 0 Å². The summed E-state index contributed by atoms with van der Waals surface area (Å²) >= 11 is 7.58. The highest BCUT2D eigenvalue weighted by atomic mass is 35.5. The van der Waals surface area contributed by atoms with E-state index in [-0.39, 0.29) is 21.9 Å². The molecule has 1 saturated heterocycles. The van der Waals surface area contributed by atoms with Crippen LogP contribution in [0.1, 0.15) is 32.9 Å². The molecule has 2 aromatic heterocycles. The summed E-state index contributed by atoms with van der Waals surface area (Å²) < 4.78 is 2.94. The molecule has 1 fully saturated rings. The predicted octanol–water partition coefficient (Wildman–Crippen LogP) is 5.86.